The molecule has 6 heteroatoms. The number of unbranched alkanes of at least 4 members (excludes halogenated alkanes) is 1. The maximum absolute atomic E-state index is 6.25. The second kappa shape index (κ2) is 5.95. The maximum atomic E-state index is 6.25. The Hall–Kier alpha value is -0.710. The smallest absolute Gasteiger partial charge is 0.161 e. The van der Waals surface area contributed by atoms with Crippen molar-refractivity contribution in [1.29, 1.82) is 0 Å². The number of pyridine rings is 1. The molecule has 1 aromatic heterocycles. The van der Waals surface area contributed by atoms with Crippen molar-refractivity contribution in [3.63, 3.8) is 0 Å². The van der Waals surface area contributed by atoms with Gasteiger partial charge in [0.25, 0.3) is 0 Å². The maximum Gasteiger partial charge on any atom is 0.161 e. The number of hydrogen-bond donors (Lipinski definition) is 2. The van der Waals surface area contributed by atoms with Gasteiger partial charge in [-0.05, 0) is 25.3 Å². The first kappa shape index (κ1) is 13.7. The van der Waals surface area contributed by atoms with Crippen molar-refractivity contribution in [3.8, 4) is 0 Å². The highest BCUT2D eigenvalue weighted by Crippen LogP contribution is 2.37. The first-order valence-electron chi connectivity index (χ1n) is 6.26. The Morgan fingerprint density at radius 1 is 1.44 bits per heavy atom. The Bertz CT molecular complexity index is 421. The highest BCUT2D eigenvalue weighted by atomic mass is 35.5. The van der Waals surface area contributed by atoms with E-state index in [-0.39, 0.29) is 0 Å². The molecule has 0 spiro atoms. The number of hydrogen-bond acceptors (Lipinski definition) is 4. The molecule has 0 bridgehead atoms. The summed E-state index contributed by atoms with van der Waals surface area (Å²) in [5, 5.41) is 1.03. The Morgan fingerprint density at radius 3 is 2.72 bits per heavy atom. The topological polar surface area (TPSA) is 54.2 Å². The zero-order valence-corrected chi connectivity index (χ0v) is 11.9. The average molecular weight is 289 g/mol. The standard InChI is InChI=1S/C12H18Cl2N4/c1-2-3-6-18(8-4-5-8)12-10(14)7-9(13)11(16-12)17-15/h7-8H,2-6,15H2,1H3,(H,16,17). The molecule has 0 atom stereocenters. The molecular formula is C12H18Cl2N4. The Morgan fingerprint density at radius 2 is 2.17 bits per heavy atom. The lowest BCUT2D eigenvalue weighted by atomic mass is 10.3. The van der Waals surface area contributed by atoms with Crippen molar-refractivity contribution < 1.29 is 0 Å². The van der Waals surface area contributed by atoms with E-state index >= 15 is 0 Å². The number of anilines is 2. The van der Waals surface area contributed by atoms with Crippen LogP contribution in [0.2, 0.25) is 10.0 Å². The molecule has 0 unspecified atom stereocenters. The number of halogens is 2. The van der Waals surface area contributed by atoms with Gasteiger partial charge >= 0.3 is 0 Å². The molecule has 0 aliphatic heterocycles. The van der Waals surface area contributed by atoms with Crippen LogP contribution in [0.15, 0.2) is 6.07 Å². The van der Waals surface area contributed by atoms with Crippen molar-refractivity contribution in [2.24, 2.45) is 5.84 Å². The van der Waals surface area contributed by atoms with Gasteiger partial charge in [0.05, 0.1) is 10.0 Å². The summed E-state index contributed by atoms with van der Waals surface area (Å²) in [6.45, 7) is 3.15. The number of aromatic nitrogens is 1. The molecule has 0 aromatic carbocycles. The van der Waals surface area contributed by atoms with Gasteiger partial charge in [-0.2, -0.15) is 0 Å². The third-order valence-electron chi connectivity index (χ3n) is 3.06. The highest BCUT2D eigenvalue weighted by Gasteiger charge is 2.31. The number of rotatable bonds is 6. The van der Waals surface area contributed by atoms with Crippen molar-refractivity contribution in [1.82, 2.24) is 4.98 Å². The fourth-order valence-electron chi connectivity index (χ4n) is 1.94. The molecule has 0 saturated heterocycles. The van der Waals surface area contributed by atoms with Gasteiger partial charge in [-0.3, -0.25) is 0 Å². The van der Waals surface area contributed by atoms with E-state index in [0.29, 0.717) is 21.9 Å². The number of nitrogens with two attached hydrogens (primary N) is 1. The van der Waals surface area contributed by atoms with Gasteiger partial charge in [0.15, 0.2) is 5.82 Å². The van der Waals surface area contributed by atoms with E-state index in [2.05, 4.69) is 22.2 Å². The van der Waals surface area contributed by atoms with Gasteiger partial charge in [-0.25, -0.2) is 10.8 Å². The molecule has 1 heterocycles. The molecule has 1 fully saturated rings. The molecule has 18 heavy (non-hydrogen) atoms. The fraction of sp³-hybridized carbons (Fsp3) is 0.583. The van der Waals surface area contributed by atoms with Crippen molar-refractivity contribution in [2.45, 2.75) is 38.6 Å². The van der Waals surface area contributed by atoms with Gasteiger partial charge in [-0.1, -0.05) is 36.5 Å². The van der Waals surface area contributed by atoms with Crippen LogP contribution in [0.3, 0.4) is 0 Å². The van der Waals surface area contributed by atoms with E-state index in [9.17, 15) is 0 Å². The summed E-state index contributed by atoms with van der Waals surface area (Å²) in [6.07, 6.45) is 4.68. The van der Waals surface area contributed by atoms with Crippen molar-refractivity contribution in [2.75, 3.05) is 16.9 Å². The minimum absolute atomic E-state index is 0.442. The molecule has 2 rings (SSSR count). The summed E-state index contributed by atoms with van der Waals surface area (Å²) in [7, 11) is 0. The van der Waals surface area contributed by atoms with Crippen LogP contribution < -0.4 is 16.2 Å². The largest absolute Gasteiger partial charge is 0.352 e. The van der Waals surface area contributed by atoms with E-state index in [4.69, 9.17) is 29.0 Å². The Balaban J connectivity index is 2.28. The summed E-state index contributed by atoms with van der Waals surface area (Å²) >= 11 is 12.2. The Labute approximate surface area is 117 Å². The molecule has 0 amide bonds. The first-order valence-corrected chi connectivity index (χ1v) is 7.02. The fourth-order valence-corrected chi connectivity index (χ4v) is 2.46. The molecule has 3 N–H and O–H groups in total. The third kappa shape index (κ3) is 2.99. The van der Waals surface area contributed by atoms with Crippen LogP contribution >= 0.6 is 23.2 Å². The SMILES string of the molecule is CCCCN(c1nc(NN)c(Cl)cc1Cl)C1CC1. The zero-order chi connectivity index (χ0) is 13.1. The van der Waals surface area contributed by atoms with Crippen LogP contribution in [0.25, 0.3) is 0 Å². The zero-order valence-electron chi connectivity index (χ0n) is 10.4. The van der Waals surface area contributed by atoms with Gasteiger partial charge < -0.3 is 10.3 Å². The summed E-state index contributed by atoms with van der Waals surface area (Å²) in [5.74, 6) is 6.66. The lowest BCUT2D eigenvalue weighted by Gasteiger charge is -2.25. The van der Waals surface area contributed by atoms with E-state index in [1.54, 1.807) is 6.07 Å². The van der Waals surface area contributed by atoms with Crippen LogP contribution in [0.1, 0.15) is 32.6 Å². The lowest BCUT2D eigenvalue weighted by Crippen LogP contribution is -2.28. The third-order valence-corrected chi connectivity index (χ3v) is 3.63. The quantitative estimate of drug-likeness (QED) is 0.622. The minimum atomic E-state index is 0.442. The van der Waals surface area contributed by atoms with Gasteiger partial charge in [0.1, 0.15) is 5.82 Å². The van der Waals surface area contributed by atoms with Crippen LogP contribution in [-0.2, 0) is 0 Å². The molecule has 4 nitrogen and oxygen atoms in total. The number of nitrogens with one attached hydrogen (secondary N) is 1. The molecule has 1 saturated carbocycles. The normalized spacial score (nSPS) is 14.7. The number of nitrogen functional groups attached to an aromatic ring is 1. The molecule has 1 aliphatic rings. The van der Waals surface area contributed by atoms with Gasteiger partial charge in [0.2, 0.25) is 0 Å². The van der Waals surface area contributed by atoms with Crippen LogP contribution in [0.5, 0.6) is 0 Å². The second-order valence-electron chi connectivity index (χ2n) is 4.55. The van der Waals surface area contributed by atoms with Gasteiger partial charge in [0, 0.05) is 12.6 Å². The lowest BCUT2D eigenvalue weighted by molar-refractivity contribution is 0.705. The number of nitrogens with zero attached hydrogens (tertiary/aromatic N) is 2. The molecule has 0 radical (unpaired) electrons. The summed E-state index contributed by atoms with van der Waals surface area (Å²) in [5.41, 5.74) is 2.50. The second-order valence-corrected chi connectivity index (χ2v) is 5.36. The van der Waals surface area contributed by atoms with Crippen LogP contribution in [0, 0.1) is 0 Å². The first-order chi connectivity index (χ1) is 8.67. The predicted molar refractivity (Wildman–Crippen MR) is 77.3 cm³/mol. The van der Waals surface area contributed by atoms with E-state index in [1.807, 2.05) is 0 Å². The predicted octanol–water partition coefficient (Wildman–Crippen LogP) is 3.44. The van der Waals surface area contributed by atoms with E-state index in [0.717, 1.165) is 25.2 Å². The Kier molecular flexibility index (Phi) is 4.54. The van der Waals surface area contributed by atoms with Crippen molar-refractivity contribution >= 4 is 34.8 Å². The van der Waals surface area contributed by atoms with E-state index in [1.165, 1.54) is 12.8 Å². The molecular weight excluding hydrogens is 271 g/mol. The molecule has 100 valence electrons. The molecule has 1 aliphatic carbocycles. The minimum Gasteiger partial charge on any atom is -0.352 e. The highest BCUT2D eigenvalue weighted by molar-refractivity contribution is 6.37. The monoisotopic (exact) mass is 288 g/mol. The average Bonchev–Trinajstić information content (AvgIpc) is 3.16. The summed E-state index contributed by atoms with van der Waals surface area (Å²) < 4.78 is 0. The number of hydrazine groups is 1. The molecule has 1 aromatic rings. The van der Waals surface area contributed by atoms with Crippen molar-refractivity contribution in [3.05, 3.63) is 16.1 Å². The van der Waals surface area contributed by atoms with Crippen LogP contribution in [-0.4, -0.2) is 17.6 Å². The summed E-state index contributed by atoms with van der Waals surface area (Å²) in [4.78, 5) is 6.70. The van der Waals surface area contributed by atoms with E-state index < -0.39 is 0 Å². The summed E-state index contributed by atoms with van der Waals surface area (Å²) in [6, 6.07) is 2.26. The van der Waals surface area contributed by atoms with Gasteiger partial charge in [-0.15, -0.1) is 0 Å². The van der Waals surface area contributed by atoms with Crippen LogP contribution in [0.4, 0.5) is 11.6 Å².